The van der Waals surface area contributed by atoms with Crippen LogP contribution in [0, 0.1) is 0 Å². The molecule has 1 aliphatic rings. The number of rotatable bonds is 2. The van der Waals surface area contributed by atoms with Gasteiger partial charge in [-0.2, -0.15) is 0 Å². The number of esters is 1. The standard InChI is InChI=1S/C16H19N3O3/c1-5-21-15(20)14-12-9-22-13-7-6-10(16(2,3)4)8-11(13)19(12)18-17-14/h6-8H,5,9H2,1-4H3. The summed E-state index contributed by atoms with van der Waals surface area (Å²) in [6, 6.07) is 6.01. The zero-order chi connectivity index (χ0) is 15.9. The van der Waals surface area contributed by atoms with Gasteiger partial charge < -0.3 is 9.47 Å². The van der Waals surface area contributed by atoms with Gasteiger partial charge in [-0.1, -0.05) is 32.1 Å². The van der Waals surface area contributed by atoms with Gasteiger partial charge in [0.1, 0.15) is 23.7 Å². The summed E-state index contributed by atoms with van der Waals surface area (Å²) in [4.78, 5) is 11.9. The summed E-state index contributed by atoms with van der Waals surface area (Å²) in [6.45, 7) is 8.75. The summed E-state index contributed by atoms with van der Waals surface area (Å²) in [5, 5.41) is 8.08. The Morgan fingerprint density at radius 3 is 2.86 bits per heavy atom. The van der Waals surface area contributed by atoms with E-state index in [4.69, 9.17) is 9.47 Å². The second-order valence-electron chi connectivity index (χ2n) is 6.24. The van der Waals surface area contributed by atoms with E-state index in [1.165, 1.54) is 0 Å². The minimum atomic E-state index is -0.470. The normalized spacial score (nSPS) is 13.1. The highest BCUT2D eigenvalue weighted by atomic mass is 16.5. The molecule has 0 amide bonds. The van der Waals surface area contributed by atoms with Crippen molar-refractivity contribution in [2.24, 2.45) is 0 Å². The number of hydrogen-bond acceptors (Lipinski definition) is 5. The maximum absolute atomic E-state index is 11.9. The number of carbonyl (C=O) groups is 1. The number of nitrogens with zero attached hydrogens (tertiary/aromatic N) is 3. The van der Waals surface area contributed by atoms with Crippen molar-refractivity contribution < 1.29 is 14.3 Å². The van der Waals surface area contributed by atoms with Crippen LogP contribution >= 0.6 is 0 Å². The molecule has 0 fully saturated rings. The van der Waals surface area contributed by atoms with Gasteiger partial charge in [-0.15, -0.1) is 5.10 Å². The van der Waals surface area contributed by atoms with E-state index < -0.39 is 5.97 Å². The largest absolute Gasteiger partial charge is 0.485 e. The monoisotopic (exact) mass is 301 g/mol. The molecule has 2 heterocycles. The third-order valence-corrected chi connectivity index (χ3v) is 3.65. The highest BCUT2D eigenvalue weighted by Gasteiger charge is 2.28. The Bertz CT molecular complexity index is 729. The van der Waals surface area contributed by atoms with Gasteiger partial charge in [-0.05, 0) is 30.0 Å². The number of ether oxygens (including phenoxy) is 2. The van der Waals surface area contributed by atoms with Crippen LogP contribution in [-0.4, -0.2) is 27.6 Å². The molecule has 0 bridgehead atoms. The molecular weight excluding hydrogens is 282 g/mol. The summed E-state index contributed by atoms with van der Waals surface area (Å²) in [5.41, 5.74) is 2.82. The Balaban J connectivity index is 2.08. The molecule has 0 spiro atoms. The Hall–Kier alpha value is -2.37. The molecule has 22 heavy (non-hydrogen) atoms. The highest BCUT2D eigenvalue weighted by molar-refractivity contribution is 5.88. The fourth-order valence-corrected chi connectivity index (χ4v) is 2.40. The van der Waals surface area contributed by atoms with E-state index in [9.17, 15) is 4.79 Å². The SMILES string of the molecule is CCOC(=O)c1nnn2c1COc1ccc(C(C)(C)C)cc1-2. The highest BCUT2D eigenvalue weighted by Crippen LogP contribution is 2.34. The number of hydrogen-bond donors (Lipinski definition) is 0. The van der Waals surface area contributed by atoms with E-state index >= 15 is 0 Å². The zero-order valence-corrected chi connectivity index (χ0v) is 13.2. The van der Waals surface area contributed by atoms with E-state index in [1.54, 1.807) is 11.6 Å². The molecule has 0 radical (unpaired) electrons. The smallest absolute Gasteiger partial charge is 0.360 e. The molecular formula is C16H19N3O3. The predicted octanol–water partition coefficient (Wildman–Crippen LogP) is 2.63. The molecule has 0 N–H and O–H groups in total. The number of fused-ring (bicyclic) bond motifs is 3. The minimum absolute atomic E-state index is 0.0111. The first-order valence-corrected chi connectivity index (χ1v) is 7.31. The molecule has 1 aromatic carbocycles. The Morgan fingerprint density at radius 2 is 2.18 bits per heavy atom. The lowest BCUT2D eigenvalue weighted by Gasteiger charge is -2.24. The molecule has 0 aliphatic carbocycles. The second-order valence-corrected chi connectivity index (χ2v) is 6.24. The first-order valence-electron chi connectivity index (χ1n) is 7.31. The number of carbonyl (C=O) groups excluding carboxylic acids is 1. The van der Waals surface area contributed by atoms with Gasteiger partial charge in [-0.3, -0.25) is 0 Å². The van der Waals surface area contributed by atoms with Crippen molar-refractivity contribution in [2.75, 3.05) is 6.61 Å². The molecule has 1 aromatic heterocycles. The van der Waals surface area contributed by atoms with Crippen LogP contribution in [0.5, 0.6) is 5.75 Å². The van der Waals surface area contributed by atoms with Crippen LogP contribution in [0.25, 0.3) is 5.69 Å². The van der Waals surface area contributed by atoms with Gasteiger partial charge in [0, 0.05) is 0 Å². The molecule has 0 saturated heterocycles. The topological polar surface area (TPSA) is 66.2 Å². The average Bonchev–Trinajstić information content (AvgIpc) is 2.90. The molecule has 6 heteroatoms. The van der Waals surface area contributed by atoms with Crippen LogP contribution in [0.4, 0.5) is 0 Å². The molecule has 3 rings (SSSR count). The predicted molar refractivity (Wildman–Crippen MR) is 80.3 cm³/mol. The van der Waals surface area contributed by atoms with E-state index in [2.05, 4.69) is 31.1 Å². The molecule has 0 atom stereocenters. The molecule has 0 unspecified atom stereocenters. The summed E-state index contributed by atoms with van der Waals surface area (Å²) in [7, 11) is 0. The molecule has 1 aliphatic heterocycles. The lowest BCUT2D eigenvalue weighted by Crippen LogP contribution is -2.18. The first-order chi connectivity index (χ1) is 10.4. The van der Waals surface area contributed by atoms with Crippen molar-refractivity contribution in [2.45, 2.75) is 39.7 Å². The Labute approximate surface area is 129 Å². The van der Waals surface area contributed by atoms with Gasteiger partial charge in [-0.25, -0.2) is 9.48 Å². The van der Waals surface area contributed by atoms with Gasteiger partial charge in [0.2, 0.25) is 0 Å². The van der Waals surface area contributed by atoms with Gasteiger partial charge in [0.05, 0.1) is 6.61 Å². The van der Waals surface area contributed by atoms with Crippen LogP contribution in [0.3, 0.4) is 0 Å². The van der Waals surface area contributed by atoms with Crippen molar-refractivity contribution >= 4 is 5.97 Å². The fraction of sp³-hybridized carbons (Fsp3) is 0.438. The lowest BCUT2D eigenvalue weighted by molar-refractivity contribution is 0.0516. The first kappa shape index (κ1) is 14.6. The average molecular weight is 301 g/mol. The van der Waals surface area contributed by atoms with E-state index in [1.807, 2.05) is 18.2 Å². The van der Waals surface area contributed by atoms with Crippen LogP contribution < -0.4 is 4.74 Å². The molecule has 2 aromatic rings. The van der Waals surface area contributed by atoms with Crippen molar-refractivity contribution in [3.05, 3.63) is 35.2 Å². The van der Waals surface area contributed by atoms with Crippen molar-refractivity contribution in [3.8, 4) is 11.4 Å². The summed E-state index contributed by atoms with van der Waals surface area (Å²) in [6.07, 6.45) is 0. The third kappa shape index (κ3) is 2.34. The van der Waals surface area contributed by atoms with Crippen molar-refractivity contribution in [1.82, 2.24) is 15.0 Å². The van der Waals surface area contributed by atoms with Crippen molar-refractivity contribution in [3.63, 3.8) is 0 Å². The number of benzene rings is 1. The van der Waals surface area contributed by atoms with Gasteiger partial charge >= 0.3 is 5.97 Å². The fourth-order valence-electron chi connectivity index (χ4n) is 2.40. The zero-order valence-electron chi connectivity index (χ0n) is 13.2. The van der Waals surface area contributed by atoms with Crippen LogP contribution in [0.2, 0.25) is 0 Å². The Morgan fingerprint density at radius 1 is 1.41 bits per heavy atom. The second kappa shape index (κ2) is 5.12. The maximum Gasteiger partial charge on any atom is 0.360 e. The minimum Gasteiger partial charge on any atom is -0.485 e. The molecule has 6 nitrogen and oxygen atoms in total. The quantitative estimate of drug-likeness (QED) is 0.798. The summed E-state index contributed by atoms with van der Waals surface area (Å²) in [5.74, 6) is 0.267. The number of aromatic nitrogens is 3. The molecule has 116 valence electrons. The van der Waals surface area contributed by atoms with E-state index in [-0.39, 0.29) is 17.7 Å². The van der Waals surface area contributed by atoms with Crippen LogP contribution in [0.1, 0.15) is 49.4 Å². The Kier molecular flexibility index (Phi) is 3.39. The van der Waals surface area contributed by atoms with E-state index in [0.717, 1.165) is 17.0 Å². The van der Waals surface area contributed by atoms with Crippen LogP contribution in [0.15, 0.2) is 18.2 Å². The van der Waals surface area contributed by atoms with Gasteiger partial charge in [0.25, 0.3) is 0 Å². The lowest BCUT2D eigenvalue weighted by atomic mass is 9.86. The summed E-state index contributed by atoms with van der Waals surface area (Å²) >= 11 is 0. The molecule has 0 saturated carbocycles. The van der Waals surface area contributed by atoms with Crippen molar-refractivity contribution in [1.29, 1.82) is 0 Å². The maximum atomic E-state index is 11.9. The third-order valence-electron chi connectivity index (χ3n) is 3.65. The summed E-state index contributed by atoms with van der Waals surface area (Å²) < 4.78 is 12.4. The van der Waals surface area contributed by atoms with Gasteiger partial charge in [0.15, 0.2) is 5.69 Å². The van der Waals surface area contributed by atoms with E-state index in [0.29, 0.717) is 12.3 Å². The van der Waals surface area contributed by atoms with Crippen LogP contribution in [-0.2, 0) is 16.8 Å².